The summed E-state index contributed by atoms with van der Waals surface area (Å²) in [5.74, 6) is 0.487. The largest absolute Gasteiger partial charge is 0.371 e. The van der Waals surface area contributed by atoms with E-state index in [4.69, 9.17) is 0 Å². The Labute approximate surface area is 132 Å². The molecule has 2 rings (SSSR count). The van der Waals surface area contributed by atoms with Crippen LogP contribution in [0.25, 0.3) is 0 Å². The van der Waals surface area contributed by atoms with Crippen molar-refractivity contribution in [2.24, 2.45) is 0 Å². The van der Waals surface area contributed by atoms with Crippen molar-refractivity contribution in [2.45, 2.75) is 45.1 Å². The van der Waals surface area contributed by atoms with E-state index in [1.165, 1.54) is 11.3 Å². The van der Waals surface area contributed by atoms with Gasteiger partial charge in [0.25, 0.3) is 0 Å². The van der Waals surface area contributed by atoms with E-state index in [0.717, 1.165) is 25.9 Å². The van der Waals surface area contributed by atoms with Gasteiger partial charge < -0.3 is 10.2 Å². The molecular formula is C17H25N3O2. The van der Waals surface area contributed by atoms with Gasteiger partial charge in [0.15, 0.2) is 0 Å². The zero-order valence-electron chi connectivity index (χ0n) is 13.6. The van der Waals surface area contributed by atoms with E-state index in [1.807, 2.05) is 6.92 Å². The first kappa shape index (κ1) is 16.3. The molecule has 2 N–H and O–H groups in total. The first-order valence-electron chi connectivity index (χ1n) is 7.81. The predicted molar refractivity (Wildman–Crippen MR) is 88.1 cm³/mol. The zero-order chi connectivity index (χ0) is 16.2. The minimum absolute atomic E-state index is 0.267. The quantitative estimate of drug-likeness (QED) is 0.841. The summed E-state index contributed by atoms with van der Waals surface area (Å²) in [6, 6.07) is 8.09. The molecule has 120 valence electrons. The van der Waals surface area contributed by atoms with Gasteiger partial charge in [-0.05, 0) is 37.3 Å². The van der Waals surface area contributed by atoms with Crippen LogP contribution in [-0.2, 0) is 4.79 Å². The van der Waals surface area contributed by atoms with Crippen LogP contribution >= 0.6 is 0 Å². The van der Waals surface area contributed by atoms with Gasteiger partial charge in [-0.1, -0.05) is 32.0 Å². The highest BCUT2D eigenvalue weighted by Gasteiger charge is 2.32. The molecule has 1 aliphatic rings. The Bertz CT molecular complexity index is 534. The number of amides is 3. The van der Waals surface area contributed by atoms with Crippen molar-refractivity contribution in [3.63, 3.8) is 0 Å². The Morgan fingerprint density at radius 1 is 1.27 bits per heavy atom. The number of carbonyl (C=O) groups excluding carboxylic acids is 2. The summed E-state index contributed by atoms with van der Waals surface area (Å²) in [6.07, 6.45) is 2.12. The van der Waals surface area contributed by atoms with E-state index in [-0.39, 0.29) is 5.54 Å². The van der Waals surface area contributed by atoms with Crippen LogP contribution in [0.5, 0.6) is 0 Å². The number of hydrogen-bond donors (Lipinski definition) is 2. The summed E-state index contributed by atoms with van der Waals surface area (Å²) in [7, 11) is 0. The minimum atomic E-state index is -0.423. The van der Waals surface area contributed by atoms with Gasteiger partial charge in [-0.2, -0.15) is 0 Å². The number of rotatable bonds is 4. The highest BCUT2D eigenvalue weighted by Crippen LogP contribution is 2.31. The first-order chi connectivity index (χ1) is 10.4. The second-order valence-electron chi connectivity index (χ2n) is 6.48. The fraction of sp³-hybridized carbons (Fsp3) is 0.529. The van der Waals surface area contributed by atoms with Gasteiger partial charge in [0.2, 0.25) is 6.41 Å². The molecule has 0 bridgehead atoms. The van der Waals surface area contributed by atoms with Gasteiger partial charge in [0.1, 0.15) is 0 Å². The van der Waals surface area contributed by atoms with Gasteiger partial charge in [0, 0.05) is 24.3 Å². The van der Waals surface area contributed by atoms with E-state index < -0.39 is 6.03 Å². The van der Waals surface area contributed by atoms with E-state index in [0.29, 0.717) is 12.3 Å². The van der Waals surface area contributed by atoms with Crippen molar-refractivity contribution >= 4 is 18.1 Å². The highest BCUT2D eigenvalue weighted by atomic mass is 16.2. The third-order valence-electron chi connectivity index (χ3n) is 4.37. The molecule has 0 radical (unpaired) electrons. The van der Waals surface area contributed by atoms with Crippen molar-refractivity contribution in [1.29, 1.82) is 0 Å². The van der Waals surface area contributed by atoms with Gasteiger partial charge in [-0.25, -0.2) is 4.79 Å². The van der Waals surface area contributed by atoms with Gasteiger partial charge in [-0.3, -0.25) is 10.1 Å². The van der Waals surface area contributed by atoms with Crippen LogP contribution in [0.2, 0.25) is 0 Å². The van der Waals surface area contributed by atoms with E-state index in [9.17, 15) is 9.59 Å². The maximum absolute atomic E-state index is 11.5. The molecule has 1 aliphatic heterocycles. The van der Waals surface area contributed by atoms with E-state index in [2.05, 4.69) is 53.6 Å². The van der Waals surface area contributed by atoms with Crippen molar-refractivity contribution in [3.8, 4) is 0 Å². The normalized spacial score (nSPS) is 17.2. The maximum Gasteiger partial charge on any atom is 0.321 e. The standard InChI is InChI=1S/C17H25N3O2/c1-13(2)14-6-4-5-7-15(14)20-10-8-17(3,9-11-20)19-16(22)18-12-21/h4-7,12-13H,8-11H2,1-3H3,(H2,18,19,21,22). The lowest BCUT2D eigenvalue weighted by Gasteiger charge is -2.41. The number of carbonyl (C=O) groups is 2. The molecule has 1 aromatic carbocycles. The van der Waals surface area contributed by atoms with Crippen LogP contribution in [0.3, 0.4) is 0 Å². The lowest BCUT2D eigenvalue weighted by molar-refractivity contribution is -0.108. The van der Waals surface area contributed by atoms with Crippen LogP contribution in [-0.4, -0.2) is 31.1 Å². The number of nitrogens with one attached hydrogen (secondary N) is 2. The summed E-state index contributed by atoms with van der Waals surface area (Å²) >= 11 is 0. The molecule has 0 aromatic heterocycles. The Balaban J connectivity index is 2.03. The minimum Gasteiger partial charge on any atom is -0.371 e. The summed E-state index contributed by atoms with van der Waals surface area (Å²) in [6.45, 7) is 8.22. The number of hydrogen-bond acceptors (Lipinski definition) is 3. The third-order valence-corrected chi connectivity index (χ3v) is 4.37. The molecule has 1 fully saturated rings. The highest BCUT2D eigenvalue weighted by molar-refractivity contribution is 5.84. The summed E-state index contributed by atoms with van der Waals surface area (Å²) in [4.78, 5) is 24.2. The molecule has 22 heavy (non-hydrogen) atoms. The van der Waals surface area contributed by atoms with Gasteiger partial charge in [-0.15, -0.1) is 0 Å². The van der Waals surface area contributed by atoms with E-state index >= 15 is 0 Å². The molecule has 5 nitrogen and oxygen atoms in total. The van der Waals surface area contributed by atoms with Crippen LogP contribution in [0.1, 0.15) is 45.1 Å². The molecule has 0 atom stereocenters. The van der Waals surface area contributed by atoms with Crippen LogP contribution in [0.4, 0.5) is 10.5 Å². The third kappa shape index (κ3) is 3.78. The number of piperidine rings is 1. The van der Waals surface area contributed by atoms with Crippen molar-refractivity contribution < 1.29 is 9.59 Å². The fourth-order valence-electron chi connectivity index (χ4n) is 2.99. The maximum atomic E-state index is 11.5. The van der Waals surface area contributed by atoms with Gasteiger partial charge in [0.05, 0.1) is 0 Å². The van der Waals surface area contributed by atoms with Crippen molar-refractivity contribution in [1.82, 2.24) is 10.6 Å². The van der Waals surface area contributed by atoms with Gasteiger partial charge >= 0.3 is 6.03 Å². The number of urea groups is 1. The monoisotopic (exact) mass is 303 g/mol. The Morgan fingerprint density at radius 2 is 1.91 bits per heavy atom. The van der Waals surface area contributed by atoms with Crippen molar-refractivity contribution in [2.75, 3.05) is 18.0 Å². The Hall–Kier alpha value is -2.04. The molecule has 0 saturated carbocycles. The number of nitrogens with zero attached hydrogens (tertiary/aromatic N) is 1. The summed E-state index contributed by atoms with van der Waals surface area (Å²) in [5, 5.41) is 5.04. The lowest BCUT2D eigenvalue weighted by atomic mass is 9.88. The molecular weight excluding hydrogens is 278 g/mol. The Kier molecular flexibility index (Phi) is 5.06. The molecule has 1 saturated heterocycles. The lowest BCUT2D eigenvalue weighted by Crippen LogP contribution is -2.55. The Morgan fingerprint density at radius 3 is 2.50 bits per heavy atom. The molecule has 5 heteroatoms. The second kappa shape index (κ2) is 6.81. The number of benzene rings is 1. The second-order valence-corrected chi connectivity index (χ2v) is 6.48. The summed E-state index contributed by atoms with van der Waals surface area (Å²) < 4.78 is 0. The molecule has 0 spiro atoms. The van der Waals surface area contributed by atoms with Crippen LogP contribution < -0.4 is 15.5 Å². The smallest absolute Gasteiger partial charge is 0.321 e. The van der Waals surface area contributed by atoms with Crippen LogP contribution in [0.15, 0.2) is 24.3 Å². The average molecular weight is 303 g/mol. The molecule has 3 amide bonds. The predicted octanol–water partition coefficient (Wildman–Crippen LogP) is 2.62. The summed E-state index contributed by atoms with van der Waals surface area (Å²) in [5.41, 5.74) is 2.38. The number of para-hydroxylation sites is 1. The molecule has 1 heterocycles. The zero-order valence-corrected chi connectivity index (χ0v) is 13.6. The molecule has 1 aromatic rings. The topological polar surface area (TPSA) is 61.4 Å². The van der Waals surface area contributed by atoms with E-state index in [1.54, 1.807) is 0 Å². The van der Waals surface area contributed by atoms with Crippen molar-refractivity contribution in [3.05, 3.63) is 29.8 Å². The number of imide groups is 1. The SMILES string of the molecule is CC(C)c1ccccc1N1CCC(C)(NC(=O)NC=O)CC1. The van der Waals surface area contributed by atoms with Crippen LogP contribution in [0, 0.1) is 0 Å². The first-order valence-corrected chi connectivity index (χ1v) is 7.81. The average Bonchev–Trinajstić information content (AvgIpc) is 2.48. The molecule has 0 unspecified atom stereocenters. The molecule has 0 aliphatic carbocycles. The number of anilines is 1. The fourth-order valence-corrected chi connectivity index (χ4v) is 2.99.